The van der Waals surface area contributed by atoms with Crippen LogP contribution in [0.2, 0.25) is 0 Å². The number of esters is 1. The van der Waals surface area contributed by atoms with Gasteiger partial charge in [-0.1, -0.05) is 0 Å². The van der Waals surface area contributed by atoms with Gasteiger partial charge >= 0.3 is 5.97 Å². The Morgan fingerprint density at radius 3 is 3.12 bits per heavy atom. The molecule has 7 heteroatoms. The summed E-state index contributed by atoms with van der Waals surface area (Å²) in [6, 6.07) is 1.81. The zero-order chi connectivity index (χ0) is 12.3. The molecule has 0 unspecified atom stereocenters. The summed E-state index contributed by atoms with van der Waals surface area (Å²) >= 11 is 1.34. The molecule has 0 saturated heterocycles. The number of aryl methyl sites for hydroxylation is 1. The molecule has 90 valence electrons. The van der Waals surface area contributed by atoms with Crippen molar-refractivity contribution in [3.8, 4) is 0 Å². The summed E-state index contributed by atoms with van der Waals surface area (Å²) in [6.45, 7) is 2.09. The Balaban J connectivity index is 2.16. The number of nitrogens with one attached hydrogen (secondary N) is 1. The van der Waals surface area contributed by atoms with Crippen LogP contribution in [0.25, 0.3) is 0 Å². The molecule has 0 fully saturated rings. The van der Waals surface area contributed by atoms with Crippen molar-refractivity contribution in [2.75, 3.05) is 11.9 Å². The van der Waals surface area contributed by atoms with Crippen molar-refractivity contribution in [3.05, 3.63) is 23.5 Å². The zero-order valence-corrected chi connectivity index (χ0v) is 10.3. The lowest BCUT2D eigenvalue weighted by molar-refractivity contribution is 0.0521. The monoisotopic (exact) mass is 252 g/mol. The number of nitrogens with zero attached hydrogens (tertiary/aromatic N) is 3. The highest BCUT2D eigenvalue weighted by atomic mass is 32.1. The van der Waals surface area contributed by atoms with Crippen LogP contribution in [0.3, 0.4) is 0 Å². The first-order valence-electron chi connectivity index (χ1n) is 5.08. The fraction of sp³-hybridized carbons (Fsp3) is 0.300. The Morgan fingerprint density at radius 1 is 1.65 bits per heavy atom. The van der Waals surface area contributed by atoms with E-state index in [1.165, 1.54) is 11.3 Å². The lowest BCUT2D eigenvalue weighted by Crippen LogP contribution is -2.07. The Hall–Kier alpha value is -1.89. The first-order valence-corrected chi connectivity index (χ1v) is 5.96. The van der Waals surface area contributed by atoms with Crippen LogP contribution in [0.15, 0.2) is 17.8 Å². The second-order valence-electron chi connectivity index (χ2n) is 3.25. The van der Waals surface area contributed by atoms with E-state index in [4.69, 9.17) is 4.74 Å². The third-order valence-corrected chi connectivity index (χ3v) is 2.73. The standard InChI is InChI=1S/C10H12N4O2S/c1-3-16-10(15)8-9(17-6-11-8)12-7-4-5-14(2)13-7/h4-6H,3H2,1-2H3,(H,12,13). The smallest absolute Gasteiger partial charge is 0.360 e. The zero-order valence-electron chi connectivity index (χ0n) is 9.51. The van der Waals surface area contributed by atoms with Gasteiger partial charge in [0.2, 0.25) is 0 Å². The van der Waals surface area contributed by atoms with Gasteiger partial charge in [-0.2, -0.15) is 5.10 Å². The summed E-state index contributed by atoms with van der Waals surface area (Å²) in [5.41, 5.74) is 1.89. The molecule has 0 aliphatic carbocycles. The van der Waals surface area contributed by atoms with Crippen LogP contribution < -0.4 is 5.32 Å². The van der Waals surface area contributed by atoms with E-state index in [9.17, 15) is 4.79 Å². The normalized spacial score (nSPS) is 10.2. The summed E-state index contributed by atoms with van der Waals surface area (Å²) in [7, 11) is 1.82. The van der Waals surface area contributed by atoms with E-state index >= 15 is 0 Å². The van der Waals surface area contributed by atoms with Gasteiger partial charge in [0.25, 0.3) is 0 Å². The number of hydrogen-bond acceptors (Lipinski definition) is 6. The van der Waals surface area contributed by atoms with Gasteiger partial charge in [0.1, 0.15) is 5.00 Å². The van der Waals surface area contributed by atoms with Crippen LogP contribution in [0.5, 0.6) is 0 Å². The quantitative estimate of drug-likeness (QED) is 0.840. The largest absolute Gasteiger partial charge is 0.461 e. The van der Waals surface area contributed by atoms with Crippen LogP contribution >= 0.6 is 11.3 Å². The van der Waals surface area contributed by atoms with Crippen molar-refractivity contribution >= 4 is 28.1 Å². The maximum atomic E-state index is 11.6. The van der Waals surface area contributed by atoms with Crippen molar-refractivity contribution in [3.63, 3.8) is 0 Å². The van der Waals surface area contributed by atoms with Gasteiger partial charge in [0.05, 0.1) is 12.1 Å². The summed E-state index contributed by atoms with van der Waals surface area (Å²) in [4.78, 5) is 15.6. The van der Waals surface area contributed by atoms with Crippen LogP contribution in [0.4, 0.5) is 10.8 Å². The number of carbonyl (C=O) groups is 1. The average molecular weight is 252 g/mol. The van der Waals surface area contributed by atoms with Gasteiger partial charge in [0.15, 0.2) is 11.5 Å². The minimum absolute atomic E-state index is 0.294. The molecule has 2 heterocycles. The second kappa shape index (κ2) is 4.96. The number of thiazole rings is 1. The molecule has 0 aliphatic rings. The fourth-order valence-corrected chi connectivity index (χ4v) is 1.95. The molecule has 0 bridgehead atoms. The number of anilines is 2. The molecule has 2 aromatic heterocycles. The summed E-state index contributed by atoms with van der Waals surface area (Å²) in [5, 5.41) is 7.84. The molecule has 0 amide bonds. The summed E-state index contributed by atoms with van der Waals surface area (Å²) in [5.74, 6) is 0.245. The van der Waals surface area contributed by atoms with Crippen LogP contribution in [0, 0.1) is 0 Å². The van der Waals surface area contributed by atoms with Gasteiger partial charge in [-0.05, 0) is 6.92 Å². The van der Waals surface area contributed by atoms with Gasteiger partial charge in [-0.15, -0.1) is 11.3 Å². The molecule has 2 rings (SSSR count). The van der Waals surface area contributed by atoms with Crippen LogP contribution in [-0.4, -0.2) is 27.3 Å². The van der Waals surface area contributed by atoms with Gasteiger partial charge in [0, 0.05) is 19.3 Å². The molecule has 0 saturated carbocycles. The van der Waals surface area contributed by atoms with Crippen molar-refractivity contribution in [1.29, 1.82) is 0 Å². The predicted molar refractivity (Wildman–Crippen MR) is 64.6 cm³/mol. The average Bonchev–Trinajstić information content (AvgIpc) is 2.89. The number of aromatic nitrogens is 3. The first kappa shape index (κ1) is 11.6. The van der Waals surface area contributed by atoms with Crippen molar-refractivity contribution in [2.45, 2.75) is 6.92 Å². The second-order valence-corrected chi connectivity index (χ2v) is 4.10. The molecule has 0 radical (unpaired) electrons. The molecule has 0 aliphatic heterocycles. The van der Waals surface area contributed by atoms with Crippen LogP contribution in [0.1, 0.15) is 17.4 Å². The maximum absolute atomic E-state index is 11.6. The maximum Gasteiger partial charge on any atom is 0.360 e. The van der Waals surface area contributed by atoms with Crippen molar-refractivity contribution in [2.24, 2.45) is 7.05 Å². The van der Waals surface area contributed by atoms with E-state index in [1.807, 2.05) is 19.3 Å². The van der Waals surface area contributed by atoms with E-state index in [0.717, 1.165) is 0 Å². The third kappa shape index (κ3) is 2.62. The van der Waals surface area contributed by atoms with Crippen LogP contribution in [-0.2, 0) is 11.8 Å². The lowest BCUT2D eigenvalue weighted by atomic mass is 10.4. The van der Waals surface area contributed by atoms with Crippen molar-refractivity contribution < 1.29 is 9.53 Å². The number of carbonyl (C=O) groups excluding carboxylic acids is 1. The molecule has 2 aromatic rings. The summed E-state index contributed by atoms with van der Waals surface area (Å²) < 4.78 is 6.58. The SMILES string of the molecule is CCOC(=O)c1ncsc1Nc1ccn(C)n1. The van der Waals surface area contributed by atoms with E-state index < -0.39 is 5.97 Å². The predicted octanol–water partition coefficient (Wildman–Crippen LogP) is 1.80. The molecule has 0 spiro atoms. The van der Waals surface area contributed by atoms with Gasteiger partial charge < -0.3 is 10.1 Å². The Kier molecular flexibility index (Phi) is 3.38. The Bertz CT molecular complexity index is 520. The van der Waals surface area contributed by atoms with E-state index in [2.05, 4.69) is 15.4 Å². The lowest BCUT2D eigenvalue weighted by Gasteiger charge is -2.02. The molecule has 1 N–H and O–H groups in total. The van der Waals surface area contributed by atoms with E-state index in [0.29, 0.717) is 23.1 Å². The van der Waals surface area contributed by atoms with E-state index in [1.54, 1.807) is 17.1 Å². The highest BCUT2D eigenvalue weighted by Crippen LogP contribution is 2.24. The topological polar surface area (TPSA) is 69.0 Å². The van der Waals surface area contributed by atoms with Gasteiger partial charge in [-0.25, -0.2) is 9.78 Å². The third-order valence-electron chi connectivity index (χ3n) is 1.99. The van der Waals surface area contributed by atoms with Gasteiger partial charge in [-0.3, -0.25) is 4.68 Å². The van der Waals surface area contributed by atoms with Crippen molar-refractivity contribution in [1.82, 2.24) is 14.8 Å². The molecular weight excluding hydrogens is 240 g/mol. The molecule has 0 aromatic carbocycles. The number of hydrogen-bond donors (Lipinski definition) is 1. The fourth-order valence-electron chi connectivity index (χ4n) is 1.28. The molecular formula is C10H12N4O2S. The van der Waals surface area contributed by atoms with E-state index in [-0.39, 0.29) is 0 Å². The highest BCUT2D eigenvalue weighted by Gasteiger charge is 2.16. The first-order chi connectivity index (χ1) is 8.20. The highest BCUT2D eigenvalue weighted by molar-refractivity contribution is 7.14. The molecule has 0 atom stereocenters. The molecule has 17 heavy (non-hydrogen) atoms. The number of rotatable bonds is 4. The Labute approximate surface area is 102 Å². The minimum Gasteiger partial charge on any atom is -0.461 e. The summed E-state index contributed by atoms with van der Waals surface area (Å²) in [6.07, 6.45) is 1.81. The number of ether oxygens (including phenoxy) is 1. The Morgan fingerprint density at radius 2 is 2.47 bits per heavy atom. The molecule has 6 nitrogen and oxygen atoms in total. The minimum atomic E-state index is -0.424.